The van der Waals surface area contributed by atoms with Gasteiger partial charge in [-0.15, -0.1) is 5.10 Å². The molecule has 1 aliphatic heterocycles. The minimum Gasteiger partial charge on any atom is -0.321 e. The van der Waals surface area contributed by atoms with E-state index in [-0.39, 0.29) is 18.2 Å². The number of carbonyl (C=O) groups is 2. The normalized spacial score (nSPS) is 13.9. The number of hydrazone groups is 1. The fourth-order valence-electron chi connectivity index (χ4n) is 3.03. The summed E-state index contributed by atoms with van der Waals surface area (Å²) in [4.78, 5) is 25.1. The second-order valence-corrected chi connectivity index (χ2v) is 6.80. The highest BCUT2D eigenvalue weighted by Gasteiger charge is 2.26. The van der Waals surface area contributed by atoms with Gasteiger partial charge >= 0.3 is 0 Å². The second-order valence-electron chi connectivity index (χ2n) is 6.80. The topological polar surface area (TPSA) is 105 Å². The summed E-state index contributed by atoms with van der Waals surface area (Å²) in [6.45, 7) is 3.87. The van der Waals surface area contributed by atoms with E-state index < -0.39 is 0 Å². The number of rotatable bonds is 4. The highest BCUT2D eigenvalue weighted by molar-refractivity contribution is 6.44. The third-order valence-corrected chi connectivity index (χ3v) is 4.63. The lowest BCUT2D eigenvalue weighted by Gasteiger charge is -2.24. The van der Waals surface area contributed by atoms with Gasteiger partial charge in [0.25, 0.3) is 5.91 Å². The molecule has 0 fully saturated rings. The zero-order valence-electron chi connectivity index (χ0n) is 16.0. The molecule has 146 valence electrons. The zero-order chi connectivity index (χ0) is 20.4. The van der Waals surface area contributed by atoms with Crippen molar-refractivity contribution in [2.75, 3.05) is 10.3 Å². The van der Waals surface area contributed by atoms with Crippen molar-refractivity contribution in [3.05, 3.63) is 59.9 Å². The van der Waals surface area contributed by atoms with Crippen molar-refractivity contribution in [3.8, 4) is 5.69 Å². The molecule has 0 saturated carbocycles. The Bertz CT molecular complexity index is 1090. The van der Waals surface area contributed by atoms with Crippen molar-refractivity contribution >= 4 is 28.9 Å². The first-order chi connectivity index (χ1) is 14.0. The molecule has 0 bridgehead atoms. The first kappa shape index (κ1) is 18.5. The molecule has 2 heterocycles. The van der Waals surface area contributed by atoms with Crippen LogP contribution in [0.5, 0.6) is 0 Å². The minimum atomic E-state index is -0.331. The highest BCUT2D eigenvalue weighted by atomic mass is 16.2. The Hall–Kier alpha value is -3.88. The maximum atomic E-state index is 12.7. The van der Waals surface area contributed by atoms with Crippen molar-refractivity contribution in [2.24, 2.45) is 5.10 Å². The SMILES string of the molecule is Cc1ccc(C)c(N2N=C(C(=O)Nc3ccc(-n4cnnn4)cc3)CCC2=O)c1. The first-order valence-corrected chi connectivity index (χ1v) is 9.14. The van der Waals surface area contributed by atoms with E-state index in [1.807, 2.05) is 32.0 Å². The number of carbonyl (C=O) groups excluding carboxylic acids is 2. The fraction of sp³-hybridized carbons (Fsp3) is 0.200. The molecule has 1 N–H and O–H groups in total. The average Bonchev–Trinajstić information content (AvgIpc) is 3.26. The number of amides is 2. The van der Waals surface area contributed by atoms with Crippen LogP contribution in [0.15, 0.2) is 53.9 Å². The van der Waals surface area contributed by atoms with E-state index in [0.717, 1.165) is 16.8 Å². The van der Waals surface area contributed by atoms with E-state index >= 15 is 0 Å². The van der Waals surface area contributed by atoms with Gasteiger partial charge in [-0.25, -0.2) is 9.69 Å². The molecule has 0 spiro atoms. The lowest BCUT2D eigenvalue weighted by atomic mass is 10.1. The number of hydrogen-bond donors (Lipinski definition) is 1. The van der Waals surface area contributed by atoms with E-state index in [2.05, 4.69) is 25.9 Å². The number of nitrogens with zero attached hydrogens (tertiary/aromatic N) is 6. The monoisotopic (exact) mass is 389 g/mol. The van der Waals surface area contributed by atoms with Crippen LogP contribution in [0.25, 0.3) is 5.69 Å². The summed E-state index contributed by atoms with van der Waals surface area (Å²) < 4.78 is 1.52. The van der Waals surface area contributed by atoms with E-state index in [4.69, 9.17) is 0 Å². The number of tetrazole rings is 1. The molecule has 1 aliphatic rings. The summed E-state index contributed by atoms with van der Waals surface area (Å²) >= 11 is 0. The largest absolute Gasteiger partial charge is 0.321 e. The molecule has 4 rings (SSSR count). The lowest BCUT2D eigenvalue weighted by molar-refractivity contribution is -0.118. The summed E-state index contributed by atoms with van der Waals surface area (Å²) in [7, 11) is 0. The quantitative estimate of drug-likeness (QED) is 0.738. The number of aromatic nitrogens is 4. The van der Waals surface area contributed by atoms with Crippen LogP contribution in [0.1, 0.15) is 24.0 Å². The van der Waals surface area contributed by atoms with Crippen LogP contribution in [0.2, 0.25) is 0 Å². The molecule has 9 nitrogen and oxygen atoms in total. The van der Waals surface area contributed by atoms with E-state index in [9.17, 15) is 9.59 Å². The van der Waals surface area contributed by atoms with E-state index in [1.165, 1.54) is 16.0 Å². The molecule has 0 unspecified atom stereocenters. The molecule has 0 atom stereocenters. The first-order valence-electron chi connectivity index (χ1n) is 9.14. The molecule has 1 aromatic heterocycles. The van der Waals surface area contributed by atoms with Gasteiger partial charge in [0.1, 0.15) is 12.0 Å². The standard InChI is InChI=1S/C20H19N7O2/c1-13-3-4-14(2)18(11-13)27-19(28)10-9-17(23-27)20(29)22-15-5-7-16(8-6-15)26-12-21-24-25-26/h3-8,11-12H,9-10H2,1-2H3,(H,22,29). The predicted octanol–water partition coefficient (Wildman–Crippen LogP) is 2.40. The third-order valence-electron chi connectivity index (χ3n) is 4.63. The summed E-state index contributed by atoms with van der Waals surface area (Å²) in [6.07, 6.45) is 2.02. The summed E-state index contributed by atoms with van der Waals surface area (Å²) in [5.74, 6) is -0.455. The molecular formula is C20H19N7O2. The molecule has 2 amide bonds. The summed E-state index contributed by atoms with van der Waals surface area (Å²) in [6, 6.07) is 12.9. The maximum absolute atomic E-state index is 12.7. The summed E-state index contributed by atoms with van der Waals surface area (Å²) in [5, 5.41) is 19.5. The molecule has 29 heavy (non-hydrogen) atoms. The maximum Gasteiger partial charge on any atom is 0.271 e. The molecule has 3 aromatic rings. The Kier molecular flexibility index (Phi) is 4.86. The van der Waals surface area contributed by atoms with Crippen molar-refractivity contribution in [3.63, 3.8) is 0 Å². The van der Waals surface area contributed by atoms with Gasteiger partial charge in [-0.1, -0.05) is 12.1 Å². The zero-order valence-corrected chi connectivity index (χ0v) is 16.0. The Morgan fingerprint density at radius 2 is 1.86 bits per heavy atom. The van der Waals surface area contributed by atoms with Crippen LogP contribution in [0.4, 0.5) is 11.4 Å². The van der Waals surface area contributed by atoms with Crippen LogP contribution in [0.3, 0.4) is 0 Å². The Morgan fingerprint density at radius 3 is 2.59 bits per heavy atom. The number of benzene rings is 2. The van der Waals surface area contributed by atoms with Crippen LogP contribution in [-0.4, -0.2) is 37.7 Å². The predicted molar refractivity (Wildman–Crippen MR) is 108 cm³/mol. The number of anilines is 2. The molecule has 9 heteroatoms. The van der Waals surface area contributed by atoms with Crippen molar-refractivity contribution in [2.45, 2.75) is 26.7 Å². The van der Waals surface area contributed by atoms with Crippen molar-refractivity contribution in [1.29, 1.82) is 0 Å². The van der Waals surface area contributed by atoms with Crippen LogP contribution in [0, 0.1) is 13.8 Å². The van der Waals surface area contributed by atoms with Crippen LogP contribution < -0.4 is 10.3 Å². The van der Waals surface area contributed by atoms with Gasteiger partial charge in [0.05, 0.1) is 11.4 Å². The molecule has 0 saturated heterocycles. The number of nitrogens with one attached hydrogen (secondary N) is 1. The molecule has 0 radical (unpaired) electrons. The van der Waals surface area contributed by atoms with Gasteiger partial charge in [-0.3, -0.25) is 9.59 Å². The highest BCUT2D eigenvalue weighted by Crippen LogP contribution is 2.25. The Labute approximate surface area is 167 Å². The van der Waals surface area contributed by atoms with E-state index in [0.29, 0.717) is 23.5 Å². The number of hydrogen-bond acceptors (Lipinski definition) is 6. The van der Waals surface area contributed by atoms with Crippen LogP contribution >= 0.6 is 0 Å². The smallest absolute Gasteiger partial charge is 0.271 e. The molecule has 0 aliphatic carbocycles. The second kappa shape index (κ2) is 7.63. The number of aryl methyl sites for hydroxylation is 2. The van der Waals surface area contributed by atoms with Gasteiger partial charge < -0.3 is 5.32 Å². The van der Waals surface area contributed by atoms with Gasteiger partial charge in [0.15, 0.2) is 0 Å². The minimum absolute atomic E-state index is 0.124. The third kappa shape index (κ3) is 3.88. The lowest BCUT2D eigenvalue weighted by Crippen LogP contribution is -2.36. The van der Waals surface area contributed by atoms with Gasteiger partial charge in [0, 0.05) is 18.5 Å². The Morgan fingerprint density at radius 1 is 1.07 bits per heavy atom. The van der Waals surface area contributed by atoms with Gasteiger partial charge in [0.2, 0.25) is 5.91 Å². The van der Waals surface area contributed by atoms with Crippen LogP contribution in [-0.2, 0) is 9.59 Å². The van der Waals surface area contributed by atoms with Crippen molar-refractivity contribution < 1.29 is 9.59 Å². The molecule has 2 aromatic carbocycles. The summed E-state index contributed by atoms with van der Waals surface area (Å²) in [5.41, 5.74) is 4.35. The fourth-order valence-corrected chi connectivity index (χ4v) is 3.03. The molecular weight excluding hydrogens is 370 g/mol. The average molecular weight is 389 g/mol. The van der Waals surface area contributed by atoms with Crippen molar-refractivity contribution in [1.82, 2.24) is 20.2 Å². The van der Waals surface area contributed by atoms with E-state index in [1.54, 1.807) is 24.3 Å². The Balaban J connectivity index is 1.53. The van der Waals surface area contributed by atoms with Gasteiger partial charge in [-0.05, 0) is 65.7 Å². The van der Waals surface area contributed by atoms with Gasteiger partial charge in [-0.2, -0.15) is 5.10 Å².